The molecule has 200 valence electrons. The van der Waals surface area contributed by atoms with E-state index in [1.807, 2.05) is 0 Å². The lowest BCUT2D eigenvalue weighted by molar-refractivity contribution is 0.252. The van der Waals surface area contributed by atoms with Crippen LogP contribution in [0.15, 0.2) is 48.5 Å². The summed E-state index contributed by atoms with van der Waals surface area (Å²) in [5.74, 6) is 1.66. The average Bonchev–Trinajstić information content (AvgIpc) is 2.91. The minimum absolute atomic E-state index is 0.829. The number of aryl methyl sites for hydroxylation is 2. The maximum absolute atomic E-state index is 3.76. The molecule has 1 fully saturated rings. The summed E-state index contributed by atoms with van der Waals surface area (Å²) in [6.45, 7) is 8.89. The highest BCUT2D eigenvalue weighted by Crippen LogP contribution is 2.28. The molecule has 36 heavy (non-hydrogen) atoms. The van der Waals surface area contributed by atoms with Crippen LogP contribution in [0, 0.1) is 11.8 Å². The molecule has 2 aromatic carbocycles. The van der Waals surface area contributed by atoms with E-state index in [1.165, 1.54) is 112 Å². The predicted octanol–water partition coefficient (Wildman–Crippen LogP) is 8.62. The molecular formula is C34H54N2. The monoisotopic (exact) mass is 490 g/mol. The molecule has 0 bridgehead atoms. The molecule has 2 nitrogen and oxygen atoms in total. The van der Waals surface area contributed by atoms with Gasteiger partial charge in [0.15, 0.2) is 0 Å². The quantitative estimate of drug-likeness (QED) is 0.204. The highest BCUT2D eigenvalue weighted by Gasteiger charge is 2.21. The zero-order chi connectivity index (χ0) is 25.3. The van der Waals surface area contributed by atoms with Crippen molar-refractivity contribution in [1.82, 2.24) is 10.6 Å². The van der Waals surface area contributed by atoms with Gasteiger partial charge in [-0.2, -0.15) is 0 Å². The molecule has 2 unspecified atom stereocenters. The molecule has 2 heteroatoms. The lowest BCUT2D eigenvalue weighted by atomic mass is 9.81. The van der Waals surface area contributed by atoms with Crippen LogP contribution in [-0.2, 0) is 25.9 Å². The van der Waals surface area contributed by atoms with Crippen molar-refractivity contribution in [3.8, 4) is 0 Å². The predicted molar refractivity (Wildman–Crippen MR) is 157 cm³/mol. The van der Waals surface area contributed by atoms with E-state index in [0.717, 1.165) is 38.0 Å². The zero-order valence-corrected chi connectivity index (χ0v) is 23.5. The lowest BCUT2D eigenvalue weighted by Crippen LogP contribution is -2.31. The molecule has 1 aliphatic rings. The van der Waals surface area contributed by atoms with Gasteiger partial charge in [0.1, 0.15) is 0 Å². The standard InChI is InChI=1S/C34H54N2/c1-3-5-7-9-12-29-16-20-31(21-17-29)25-35-27-33-14-11-15-34(24-33)28-36-26-32-22-18-30(19-23-32)13-10-8-6-4-2/h16-23,33-36H,3-15,24-28H2,1-2H3. The summed E-state index contributed by atoms with van der Waals surface area (Å²) < 4.78 is 0. The van der Waals surface area contributed by atoms with Crippen LogP contribution < -0.4 is 10.6 Å². The van der Waals surface area contributed by atoms with Crippen LogP contribution in [0.3, 0.4) is 0 Å². The SMILES string of the molecule is CCCCCCc1ccc(CNCC2CCCC(CNCc3ccc(CCCCCC)cc3)C2)cc1. The molecular weight excluding hydrogens is 436 g/mol. The van der Waals surface area contributed by atoms with Crippen molar-refractivity contribution in [2.24, 2.45) is 11.8 Å². The molecule has 0 amide bonds. The first-order chi connectivity index (χ1) is 17.8. The van der Waals surface area contributed by atoms with Crippen LogP contribution >= 0.6 is 0 Å². The Morgan fingerprint density at radius 1 is 0.556 bits per heavy atom. The van der Waals surface area contributed by atoms with Crippen molar-refractivity contribution in [2.75, 3.05) is 13.1 Å². The number of unbranched alkanes of at least 4 members (excludes halogenated alkanes) is 6. The molecule has 0 heterocycles. The van der Waals surface area contributed by atoms with Crippen LogP contribution in [0.25, 0.3) is 0 Å². The second kappa shape index (κ2) is 17.8. The molecule has 2 atom stereocenters. The minimum Gasteiger partial charge on any atom is -0.312 e. The number of hydrogen-bond donors (Lipinski definition) is 2. The third-order valence-corrected chi connectivity index (χ3v) is 8.10. The van der Waals surface area contributed by atoms with Gasteiger partial charge in [0.25, 0.3) is 0 Å². The summed E-state index contributed by atoms with van der Waals surface area (Å²) >= 11 is 0. The van der Waals surface area contributed by atoms with Gasteiger partial charge in [-0.05, 0) is 92.1 Å². The molecule has 2 aromatic rings. The topological polar surface area (TPSA) is 24.1 Å². The average molecular weight is 491 g/mol. The largest absolute Gasteiger partial charge is 0.312 e. The highest BCUT2D eigenvalue weighted by atomic mass is 14.9. The van der Waals surface area contributed by atoms with E-state index in [1.54, 1.807) is 0 Å². The number of benzene rings is 2. The third-order valence-electron chi connectivity index (χ3n) is 8.10. The Morgan fingerprint density at radius 2 is 0.972 bits per heavy atom. The van der Waals surface area contributed by atoms with Crippen molar-refractivity contribution in [3.63, 3.8) is 0 Å². The van der Waals surface area contributed by atoms with E-state index in [-0.39, 0.29) is 0 Å². The molecule has 3 rings (SSSR count). The summed E-state index contributed by atoms with van der Waals surface area (Å²) in [5.41, 5.74) is 5.84. The zero-order valence-electron chi connectivity index (χ0n) is 23.5. The maximum Gasteiger partial charge on any atom is 0.0205 e. The Bertz CT molecular complexity index is 727. The van der Waals surface area contributed by atoms with E-state index in [0.29, 0.717) is 0 Å². The lowest BCUT2D eigenvalue weighted by Gasteiger charge is -2.29. The van der Waals surface area contributed by atoms with E-state index in [4.69, 9.17) is 0 Å². The van der Waals surface area contributed by atoms with Crippen molar-refractivity contribution in [1.29, 1.82) is 0 Å². The van der Waals surface area contributed by atoms with Crippen LogP contribution in [-0.4, -0.2) is 13.1 Å². The van der Waals surface area contributed by atoms with Crippen LogP contribution in [0.1, 0.15) is 113 Å². The van der Waals surface area contributed by atoms with Crippen LogP contribution in [0.2, 0.25) is 0 Å². The van der Waals surface area contributed by atoms with Gasteiger partial charge in [-0.25, -0.2) is 0 Å². The van der Waals surface area contributed by atoms with Crippen molar-refractivity contribution >= 4 is 0 Å². The number of nitrogens with one attached hydrogen (secondary N) is 2. The van der Waals surface area contributed by atoms with Crippen molar-refractivity contribution in [2.45, 2.75) is 117 Å². The second-order valence-corrected chi connectivity index (χ2v) is 11.4. The fourth-order valence-corrected chi connectivity index (χ4v) is 5.77. The molecule has 0 radical (unpaired) electrons. The Hall–Kier alpha value is -1.64. The summed E-state index contributed by atoms with van der Waals surface area (Å²) in [5, 5.41) is 7.52. The molecule has 0 aromatic heterocycles. The van der Waals surface area contributed by atoms with Gasteiger partial charge in [0.2, 0.25) is 0 Å². The first kappa shape index (κ1) is 28.9. The first-order valence-corrected chi connectivity index (χ1v) is 15.3. The van der Waals surface area contributed by atoms with Gasteiger partial charge in [-0.1, -0.05) is 107 Å². The Morgan fingerprint density at radius 3 is 1.39 bits per heavy atom. The fraction of sp³-hybridized carbons (Fsp3) is 0.647. The first-order valence-electron chi connectivity index (χ1n) is 15.3. The third kappa shape index (κ3) is 11.6. The number of hydrogen-bond acceptors (Lipinski definition) is 2. The molecule has 0 spiro atoms. The normalized spacial score (nSPS) is 17.9. The van der Waals surface area contributed by atoms with E-state index in [2.05, 4.69) is 73.0 Å². The van der Waals surface area contributed by atoms with Gasteiger partial charge in [0.05, 0.1) is 0 Å². The van der Waals surface area contributed by atoms with Gasteiger partial charge in [-0.3, -0.25) is 0 Å². The highest BCUT2D eigenvalue weighted by molar-refractivity contribution is 5.23. The van der Waals surface area contributed by atoms with E-state index in [9.17, 15) is 0 Å². The molecule has 1 saturated carbocycles. The smallest absolute Gasteiger partial charge is 0.0205 e. The second-order valence-electron chi connectivity index (χ2n) is 11.4. The minimum atomic E-state index is 0.829. The molecule has 0 aliphatic heterocycles. The Labute approximate surface area is 223 Å². The summed E-state index contributed by atoms with van der Waals surface area (Å²) in [7, 11) is 0. The van der Waals surface area contributed by atoms with Crippen LogP contribution in [0.4, 0.5) is 0 Å². The molecule has 2 N–H and O–H groups in total. The summed E-state index contributed by atoms with van der Waals surface area (Å²) in [6, 6.07) is 18.7. The molecule has 1 aliphatic carbocycles. The fourth-order valence-electron chi connectivity index (χ4n) is 5.77. The van der Waals surface area contributed by atoms with Gasteiger partial charge >= 0.3 is 0 Å². The van der Waals surface area contributed by atoms with E-state index < -0.39 is 0 Å². The van der Waals surface area contributed by atoms with Crippen molar-refractivity contribution in [3.05, 3.63) is 70.8 Å². The van der Waals surface area contributed by atoms with Gasteiger partial charge < -0.3 is 10.6 Å². The summed E-state index contributed by atoms with van der Waals surface area (Å²) in [4.78, 5) is 0. The van der Waals surface area contributed by atoms with Crippen molar-refractivity contribution < 1.29 is 0 Å². The molecule has 0 saturated heterocycles. The van der Waals surface area contributed by atoms with Crippen LogP contribution in [0.5, 0.6) is 0 Å². The maximum atomic E-state index is 3.76. The van der Waals surface area contributed by atoms with Gasteiger partial charge in [-0.15, -0.1) is 0 Å². The number of rotatable bonds is 18. The Balaban J connectivity index is 1.27. The summed E-state index contributed by atoms with van der Waals surface area (Å²) in [6.07, 6.45) is 18.8. The van der Waals surface area contributed by atoms with E-state index >= 15 is 0 Å². The Kier molecular flexibility index (Phi) is 14.3. The van der Waals surface area contributed by atoms with Gasteiger partial charge in [0, 0.05) is 13.1 Å².